The van der Waals surface area contributed by atoms with Gasteiger partial charge >= 0.3 is 89.8 Å². The second kappa shape index (κ2) is 19.0. The molecule has 0 rings (SSSR count). The standard InChI is InChI=1S/C20H18F20O11S.Na.H/c21-11(50-19(37,38)15(27,28)17(31,32)33)13(23,24)6-46-1-3-48-9(41)5-8(52(43,44)45)10(42)49-4-2-47-7-14(25,26)12(22)51-20(39,40)16(29,30)18(34,35)36;;/h8,11-12H,1-7H2,(H,43,44,45);;/q;+1;-1. The number of esters is 2. The number of alkyl halides is 20. The molecule has 0 bridgehead atoms. The summed E-state index contributed by atoms with van der Waals surface area (Å²) in [6.45, 7) is -10.3. The van der Waals surface area contributed by atoms with Crippen molar-refractivity contribution < 1.29 is 170 Å². The third kappa shape index (κ3) is 15.0. The Morgan fingerprint density at radius 2 is 0.906 bits per heavy atom. The predicted octanol–water partition coefficient (Wildman–Crippen LogP) is 2.34. The Labute approximate surface area is 304 Å². The SMILES string of the molecule is O=C(CC(C(=O)OCCOCC(F)(F)C(F)OC(F)(F)C(F)(F)C(F)(F)F)S(=O)(=O)O)OCCOCC(F)(F)C(F)OC(F)(F)C(F)(F)C(F)(F)F.[H-].[Na+]. The molecule has 0 aromatic heterocycles. The Kier molecular flexibility index (Phi) is 19.1. The summed E-state index contributed by atoms with van der Waals surface area (Å²) in [6, 6.07) is 0. The molecule has 0 spiro atoms. The molecule has 0 radical (unpaired) electrons. The van der Waals surface area contributed by atoms with E-state index in [1.165, 1.54) is 0 Å². The minimum absolute atomic E-state index is 0. The molecule has 0 aromatic rings. The Hall–Kier alpha value is -1.71. The fourth-order valence-electron chi connectivity index (χ4n) is 2.49. The van der Waals surface area contributed by atoms with Crippen molar-refractivity contribution >= 4 is 22.1 Å². The Morgan fingerprint density at radius 1 is 0.585 bits per heavy atom. The van der Waals surface area contributed by atoms with Crippen molar-refractivity contribution in [3.63, 3.8) is 0 Å². The van der Waals surface area contributed by atoms with Gasteiger partial charge in [0.15, 0.2) is 5.25 Å². The quantitative estimate of drug-likeness (QED) is 0.0564. The minimum atomic E-state index is -7.16. The van der Waals surface area contributed by atoms with Gasteiger partial charge in [0.05, 0.1) is 19.6 Å². The average molecular weight is 870 g/mol. The summed E-state index contributed by atoms with van der Waals surface area (Å²) in [4.78, 5) is 23.6. The molecule has 33 heteroatoms. The van der Waals surface area contributed by atoms with Crippen LogP contribution < -0.4 is 29.6 Å². The zero-order chi connectivity index (χ0) is 41.6. The van der Waals surface area contributed by atoms with Crippen molar-refractivity contribution in [2.45, 2.75) is 72.6 Å². The van der Waals surface area contributed by atoms with E-state index in [1.54, 1.807) is 0 Å². The van der Waals surface area contributed by atoms with Crippen LogP contribution in [0.15, 0.2) is 0 Å². The van der Waals surface area contributed by atoms with Crippen LogP contribution in [0.3, 0.4) is 0 Å². The normalized spacial score (nSPS) is 16.0. The number of carbonyl (C=O) groups is 2. The van der Waals surface area contributed by atoms with Crippen LogP contribution in [0.25, 0.3) is 0 Å². The van der Waals surface area contributed by atoms with Crippen LogP contribution in [-0.2, 0) is 48.1 Å². The number of hydrogen-bond acceptors (Lipinski definition) is 10. The topological polar surface area (TPSA) is 144 Å². The molecule has 0 fully saturated rings. The molecular formula is C20H19F20NaO11S. The van der Waals surface area contributed by atoms with Gasteiger partial charge in [-0.25, -0.2) is 8.78 Å². The third-order valence-corrected chi connectivity index (χ3v) is 6.21. The van der Waals surface area contributed by atoms with Crippen molar-refractivity contribution in [1.82, 2.24) is 0 Å². The van der Waals surface area contributed by atoms with Gasteiger partial charge in [0.1, 0.15) is 26.4 Å². The molecule has 53 heavy (non-hydrogen) atoms. The van der Waals surface area contributed by atoms with Crippen molar-refractivity contribution in [3.05, 3.63) is 0 Å². The first kappa shape index (κ1) is 53.4. The molecule has 0 aliphatic carbocycles. The molecule has 312 valence electrons. The summed E-state index contributed by atoms with van der Waals surface area (Å²) in [5.41, 5.74) is 0. The van der Waals surface area contributed by atoms with Gasteiger partial charge in [0, 0.05) is 0 Å². The predicted molar refractivity (Wildman–Crippen MR) is 118 cm³/mol. The van der Waals surface area contributed by atoms with Crippen LogP contribution in [0.2, 0.25) is 0 Å². The fourth-order valence-corrected chi connectivity index (χ4v) is 3.14. The van der Waals surface area contributed by atoms with Gasteiger partial charge in [0.25, 0.3) is 22.8 Å². The first-order valence-electron chi connectivity index (χ1n) is 12.4. The molecule has 11 nitrogen and oxygen atoms in total. The van der Waals surface area contributed by atoms with Crippen molar-refractivity contribution in [2.75, 3.05) is 39.6 Å². The molecule has 3 atom stereocenters. The monoisotopic (exact) mass is 870 g/mol. The molecule has 0 aliphatic heterocycles. The smallest absolute Gasteiger partial charge is 1.00 e. The fraction of sp³-hybridized carbons (Fsp3) is 0.900. The van der Waals surface area contributed by atoms with Gasteiger partial charge in [-0.2, -0.15) is 87.4 Å². The molecule has 0 aromatic carbocycles. The van der Waals surface area contributed by atoms with Crippen LogP contribution in [0.4, 0.5) is 87.8 Å². The van der Waals surface area contributed by atoms with Gasteiger partial charge in [-0.3, -0.25) is 23.6 Å². The molecule has 0 saturated heterocycles. The zero-order valence-electron chi connectivity index (χ0n) is 26.2. The van der Waals surface area contributed by atoms with Crippen LogP contribution >= 0.6 is 0 Å². The van der Waals surface area contributed by atoms with E-state index in [1.807, 2.05) is 0 Å². The molecule has 0 heterocycles. The summed E-state index contributed by atoms with van der Waals surface area (Å²) in [6.07, 6.45) is -39.4. The van der Waals surface area contributed by atoms with E-state index >= 15 is 0 Å². The first-order chi connectivity index (χ1) is 22.9. The van der Waals surface area contributed by atoms with E-state index in [4.69, 9.17) is 4.55 Å². The van der Waals surface area contributed by atoms with Crippen LogP contribution in [0, 0.1) is 0 Å². The van der Waals surface area contributed by atoms with Gasteiger partial charge in [-0.05, 0) is 0 Å². The van der Waals surface area contributed by atoms with Gasteiger partial charge < -0.3 is 20.4 Å². The van der Waals surface area contributed by atoms with Gasteiger partial charge in [-0.15, -0.1) is 0 Å². The number of ether oxygens (including phenoxy) is 6. The summed E-state index contributed by atoms with van der Waals surface area (Å²) in [7, 11) is -5.66. The van der Waals surface area contributed by atoms with Crippen molar-refractivity contribution in [2.24, 2.45) is 0 Å². The maximum Gasteiger partial charge on any atom is 1.00 e. The largest absolute Gasteiger partial charge is 1.00 e. The van der Waals surface area contributed by atoms with E-state index in [-0.39, 0.29) is 31.0 Å². The summed E-state index contributed by atoms with van der Waals surface area (Å²) >= 11 is 0. The summed E-state index contributed by atoms with van der Waals surface area (Å²) in [5, 5.41) is -2.96. The second-order valence-corrected chi connectivity index (χ2v) is 10.9. The average Bonchev–Trinajstić information content (AvgIpc) is 2.92. The van der Waals surface area contributed by atoms with Crippen LogP contribution in [0.5, 0.6) is 0 Å². The molecular weight excluding hydrogens is 851 g/mol. The third-order valence-electron chi connectivity index (χ3n) is 5.14. The van der Waals surface area contributed by atoms with E-state index in [9.17, 15) is 106 Å². The molecule has 0 saturated carbocycles. The minimum Gasteiger partial charge on any atom is -1.00 e. The number of rotatable bonds is 22. The zero-order valence-corrected chi connectivity index (χ0v) is 28.0. The van der Waals surface area contributed by atoms with E-state index in [0.29, 0.717) is 0 Å². The molecule has 1 N–H and O–H groups in total. The van der Waals surface area contributed by atoms with Crippen molar-refractivity contribution in [3.8, 4) is 0 Å². The van der Waals surface area contributed by atoms with Crippen LogP contribution in [-0.4, -0.2) is 131 Å². The first-order valence-corrected chi connectivity index (χ1v) is 13.9. The second-order valence-electron chi connectivity index (χ2n) is 9.27. The summed E-state index contributed by atoms with van der Waals surface area (Å²) < 4.78 is 308. The van der Waals surface area contributed by atoms with E-state index in [0.717, 1.165) is 0 Å². The number of carbonyl (C=O) groups excluding carboxylic acids is 2. The summed E-state index contributed by atoms with van der Waals surface area (Å²) in [5.74, 6) is -29.1. The Morgan fingerprint density at radius 3 is 1.21 bits per heavy atom. The van der Waals surface area contributed by atoms with Gasteiger partial charge in [0.2, 0.25) is 0 Å². The van der Waals surface area contributed by atoms with E-state index < -0.39 is 134 Å². The maximum absolute atomic E-state index is 13.5. The van der Waals surface area contributed by atoms with Gasteiger partial charge in [-0.1, -0.05) is 0 Å². The number of hydrogen-bond donors (Lipinski definition) is 1. The molecule has 0 amide bonds. The molecule has 3 unspecified atom stereocenters. The number of halogens is 20. The van der Waals surface area contributed by atoms with Crippen molar-refractivity contribution in [1.29, 1.82) is 0 Å². The van der Waals surface area contributed by atoms with E-state index in [2.05, 4.69) is 28.4 Å². The Bertz CT molecular complexity index is 1300. The maximum atomic E-state index is 13.5. The molecule has 0 aliphatic rings. The Balaban J connectivity index is -0.0000130. The van der Waals surface area contributed by atoms with Crippen LogP contribution in [0.1, 0.15) is 7.85 Å².